The van der Waals surface area contributed by atoms with E-state index in [0.717, 1.165) is 0 Å². The molecule has 0 aliphatic carbocycles. The lowest BCUT2D eigenvalue weighted by molar-refractivity contribution is -0.0498. The minimum Gasteiger partial charge on any atom is -0.435 e. The zero-order valence-corrected chi connectivity index (χ0v) is 12.3. The minimum atomic E-state index is -2.90. The Morgan fingerprint density at radius 3 is 2.54 bits per heavy atom. The summed E-state index contributed by atoms with van der Waals surface area (Å²) in [5.41, 5.74) is 1.51. The summed E-state index contributed by atoms with van der Waals surface area (Å²) in [5, 5.41) is 6.79. The lowest BCUT2D eigenvalue weighted by Gasteiger charge is -2.11. The number of hydrogen-bond acceptors (Lipinski definition) is 4. The number of aromatic nitrogens is 3. The monoisotopic (exact) mass is 330 g/mol. The number of nitrogens with zero attached hydrogens (tertiary/aromatic N) is 3. The molecule has 3 rings (SSSR count). The van der Waals surface area contributed by atoms with Crippen molar-refractivity contribution in [2.75, 3.05) is 5.32 Å². The van der Waals surface area contributed by atoms with E-state index in [2.05, 4.69) is 20.1 Å². The summed E-state index contributed by atoms with van der Waals surface area (Å²) in [5.74, 6) is -0.393. The number of alkyl halides is 2. The average molecular weight is 330 g/mol. The summed E-state index contributed by atoms with van der Waals surface area (Å²) in [6, 6.07) is 12.5. The minimum absolute atomic E-state index is 0.00966. The Morgan fingerprint density at radius 1 is 1.12 bits per heavy atom. The zero-order valence-electron chi connectivity index (χ0n) is 12.3. The molecule has 2 aromatic carbocycles. The van der Waals surface area contributed by atoms with Gasteiger partial charge in [0.15, 0.2) is 0 Å². The number of carbonyl (C=O) groups excluding carboxylic acids is 1. The molecular weight excluding hydrogens is 318 g/mol. The fourth-order valence-corrected chi connectivity index (χ4v) is 2.09. The van der Waals surface area contributed by atoms with Gasteiger partial charge in [0.1, 0.15) is 18.4 Å². The van der Waals surface area contributed by atoms with Crippen molar-refractivity contribution in [1.29, 1.82) is 0 Å². The van der Waals surface area contributed by atoms with Gasteiger partial charge in [0.25, 0.3) is 5.91 Å². The summed E-state index contributed by atoms with van der Waals surface area (Å²) in [6.07, 6.45) is 2.90. The third-order valence-electron chi connectivity index (χ3n) is 3.16. The maximum Gasteiger partial charge on any atom is 0.387 e. The maximum absolute atomic E-state index is 12.3. The number of halogens is 2. The first-order valence-corrected chi connectivity index (χ1v) is 6.94. The molecule has 0 saturated heterocycles. The molecule has 0 saturated carbocycles. The van der Waals surface area contributed by atoms with Crippen LogP contribution in [0.1, 0.15) is 10.4 Å². The van der Waals surface area contributed by atoms with E-state index in [4.69, 9.17) is 0 Å². The highest BCUT2D eigenvalue weighted by molar-refractivity contribution is 6.05. The molecule has 0 unspecified atom stereocenters. The predicted octanol–water partition coefficient (Wildman–Crippen LogP) is 3.12. The van der Waals surface area contributed by atoms with E-state index in [1.807, 2.05) is 6.07 Å². The van der Waals surface area contributed by atoms with Gasteiger partial charge in [-0.05, 0) is 36.4 Å². The van der Waals surface area contributed by atoms with Gasteiger partial charge in [0, 0.05) is 5.56 Å². The first-order valence-electron chi connectivity index (χ1n) is 6.94. The van der Waals surface area contributed by atoms with Gasteiger partial charge in [-0.3, -0.25) is 4.79 Å². The van der Waals surface area contributed by atoms with Crippen LogP contribution in [0.2, 0.25) is 0 Å². The second kappa shape index (κ2) is 6.86. The summed E-state index contributed by atoms with van der Waals surface area (Å²) < 4.78 is 30.0. The van der Waals surface area contributed by atoms with Crippen LogP contribution >= 0.6 is 0 Å². The van der Waals surface area contributed by atoms with E-state index >= 15 is 0 Å². The van der Waals surface area contributed by atoms with Gasteiger partial charge in [0.2, 0.25) is 0 Å². The smallest absolute Gasteiger partial charge is 0.387 e. The number of hydrogen-bond donors (Lipinski definition) is 1. The standard InChI is InChI=1S/C16H12F2N4O2/c17-16(18)24-12-7-5-11(6-8-12)15(23)21-13-3-1-2-4-14(13)22-10-19-9-20-22/h1-10,16H,(H,21,23). The molecule has 3 aromatic rings. The molecule has 0 fully saturated rings. The molecule has 1 N–H and O–H groups in total. The molecule has 1 aromatic heterocycles. The summed E-state index contributed by atoms with van der Waals surface area (Å²) >= 11 is 0. The third kappa shape index (κ3) is 3.54. The molecule has 1 heterocycles. The van der Waals surface area contributed by atoms with E-state index in [9.17, 15) is 13.6 Å². The number of para-hydroxylation sites is 2. The van der Waals surface area contributed by atoms with E-state index in [1.54, 1.807) is 18.2 Å². The van der Waals surface area contributed by atoms with Crippen molar-refractivity contribution in [3.05, 3.63) is 66.7 Å². The van der Waals surface area contributed by atoms with Crippen LogP contribution in [0.25, 0.3) is 5.69 Å². The van der Waals surface area contributed by atoms with Crippen LogP contribution in [0.3, 0.4) is 0 Å². The van der Waals surface area contributed by atoms with Crippen molar-refractivity contribution in [1.82, 2.24) is 14.8 Å². The molecule has 0 atom stereocenters. The average Bonchev–Trinajstić information content (AvgIpc) is 3.10. The highest BCUT2D eigenvalue weighted by Crippen LogP contribution is 2.20. The van der Waals surface area contributed by atoms with Crippen LogP contribution in [0.5, 0.6) is 5.75 Å². The Labute approximate surface area is 135 Å². The Kier molecular flexibility index (Phi) is 4.46. The fraction of sp³-hybridized carbons (Fsp3) is 0.0625. The third-order valence-corrected chi connectivity index (χ3v) is 3.16. The highest BCUT2D eigenvalue weighted by atomic mass is 19.3. The van der Waals surface area contributed by atoms with E-state index in [1.165, 1.54) is 41.6 Å². The van der Waals surface area contributed by atoms with Crippen molar-refractivity contribution >= 4 is 11.6 Å². The quantitative estimate of drug-likeness (QED) is 0.780. The number of ether oxygens (including phenoxy) is 1. The van der Waals surface area contributed by atoms with Gasteiger partial charge in [0.05, 0.1) is 11.4 Å². The Hall–Kier alpha value is -3.29. The lowest BCUT2D eigenvalue weighted by atomic mass is 10.2. The molecule has 8 heteroatoms. The van der Waals surface area contributed by atoms with Crippen LogP contribution in [-0.2, 0) is 0 Å². The number of anilines is 1. The normalized spacial score (nSPS) is 10.6. The highest BCUT2D eigenvalue weighted by Gasteiger charge is 2.11. The number of carbonyl (C=O) groups is 1. The van der Waals surface area contributed by atoms with Crippen molar-refractivity contribution in [2.24, 2.45) is 0 Å². The molecule has 1 amide bonds. The van der Waals surface area contributed by atoms with E-state index < -0.39 is 6.61 Å². The largest absolute Gasteiger partial charge is 0.435 e. The van der Waals surface area contributed by atoms with E-state index in [0.29, 0.717) is 16.9 Å². The first-order chi connectivity index (χ1) is 11.6. The van der Waals surface area contributed by atoms with E-state index in [-0.39, 0.29) is 11.7 Å². The van der Waals surface area contributed by atoms with Gasteiger partial charge >= 0.3 is 6.61 Å². The van der Waals surface area contributed by atoms with Gasteiger partial charge in [-0.15, -0.1) is 0 Å². The van der Waals surface area contributed by atoms with Crippen LogP contribution in [0.4, 0.5) is 14.5 Å². The molecule has 0 aliphatic heterocycles. The second-order valence-corrected chi connectivity index (χ2v) is 4.71. The Balaban J connectivity index is 1.78. The Morgan fingerprint density at radius 2 is 1.88 bits per heavy atom. The SMILES string of the molecule is O=C(Nc1ccccc1-n1cncn1)c1ccc(OC(F)F)cc1. The maximum atomic E-state index is 12.3. The summed E-state index contributed by atoms with van der Waals surface area (Å²) in [7, 11) is 0. The van der Waals surface area contributed by atoms with Gasteiger partial charge in [-0.25, -0.2) is 9.67 Å². The molecule has 6 nitrogen and oxygen atoms in total. The molecule has 0 radical (unpaired) electrons. The number of benzene rings is 2. The fourth-order valence-electron chi connectivity index (χ4n) is 2.09. The van der Waals surface area contributed by atoms with Crippen LogP contribution in [0.15, 0.2) is 61.2 Å². The second-order valence-electron chi connectivity index (χ2n) is 4.71. The molecule has 0 spiro atoms. The molecular formula is C16H12F2N4O2. The molecule has 24 heavy (non-hydrogen) atoms. The van der Waals surface area contributed by atoms with Crippen LogP contribution in [0, 0.1) is 0 Å². The molecule has 0 bridgehead atoms. The predicted molar refractivity (Wildman–Crippen MR) is 82.4 cm³/mol. The van der Waals surface area contributed by atoms with Gasteiger partial charge in [-0.2, -0.15) is 13.9 Å². The molecule has 122 valence electrons. The molecule has 0 aliphatic rings. The zero-order chi connectivity index (χ0) is 16.9. The Bertz CT molecular complexity index is 820. The van der Waals surface area contributed by atoms with Crippen LogP contribution in [-0.4, -0.2) is 27.3 Å². The first kappa shape index (κ1) is 15.6. The number of amides is 1. The van der Waals surface area contributed by atoms with Crippen LogP contribution < -0.4 is 10.1 Å². The topological polar surface area (TPSA) is 69.0 Å². The van der Waals surface area contributed by atoms with Gasteiger partial charge in [-0.1, -0.05) is 12.1 Å². The van der Waals surface area contributed by atoms with Crippen molar-refractivity contribution < 1.29 is 18.3 Å². The summed E-state index contributed by atoms with van der Waals surface area (Å²) in [4.78, 5) is 16.2. The van der Waals surface area contributed by atoms with Crippen molar-refractivity contribution in [3.8, 4) is 11.4 Å². The summed E-state index contributed by atoms with van der Waals surface area (Å²) in [6.45, 7) is -2.90. The van der Waals surface area contributed by atoms with Crippen molar-refractivity contribution in [3.63, 3.8) is 0 Å². The number of rotatable bonds is 5. The number of nitrogens with one attached hydrogen (secondary N) is 1. The lowest BCUT2D eigenvalue weighted by Crippen LogP contribution is -2.14. The van der Waals surface area contributed by atoms with Gasteiger partial charge < -0.3 is 10.1 Å². The van der Waals surface area contributed by atoms with Crippen molar-refractivity contribution in [2.45, 2.75) is 6.61 Å².